The van der Waals surface area contributed by atoms with Crippen molar-refractivity contribution < 1.29 is 28.1 Å². The van der Waals surface area contributed by atoms with E-state index in [1.807, 2.05) is 24.4 Å². The molecule has 1 N–H and O–H groups in total. The van der Waals surface area contributed by atoms with Gasteiger partial charge in [0.2, 0.25) is 0 Å². The number of amides is 1. The van der Waals surface area contributed by atoms with Crippen LogP contribution in [0.25, 0.3) is 27.6 Å². The number of aromatic amines is 1. The minimum atomic E-state index is -1.21. The first-order valence-corrected chi connectivity index (χ1v) is 19.7. The highest BCUT2D eigenvalue weighted by molar-refractivity contribution is 5.97. The van der Waals surface area contributed by atoms with Crippen LogP contribution in [0.3, 0.4) is 0 Å². The topological polar surface area (TPSA) is 150 Å². The summed E-state index contributed by atoms with van der Waals surface area (Å²) >= 11 is 0. The highest BCUT2D eigenvalue weighted by atomic mass is 19.1. The Morgan fingerprint density at radius 3 is 2.38 bits per heavy atom. The molecule has 0 spiro atoms. The number of hydrogen-bond acceptors (Lipinski definition) is 10. The lowest BCUT2D eigenvalue weighted by molar-refractivity contribution is -0.0974. The molecule has 7 rings (SSSR count). The maximum Gasteiger partial charge on any atom is 0.333 e. The molecule has 5 heterocycles. The van der Waals surface area contributed by atoms with E-state index in [2.05, 4.69) is 21.8 Å². The van der Waals surface area contributed by atoms with Crippen molar-refractivity contribution in [3.63, 3.8) is 0 Å². The average molecular weight is 797 g/mol. The summed E-state index contributed by atoms with van der Waals surface area (Å²) < 4.78 is 42.3. The van der Waals surface area contributed by atoms with Crippen LogP contribution >= 0.6 is 0 Å². The normalized spacial score (nSPS) is 17.7. The molecule has 3 aromatic heterocycles. The molecule has 2 atom stereocenters. The van der Waals surface area contributed by atoms with E-state index in [1.54, 1.807) is 54.3 Å². The van der Waals surface area contributed by atoms with Crippen molar-refractivity contribution in [3.05, 3.63) is 110 Å². The number of carbonyl (C=O) groups excluding carboxylic acids is 1. The van der Waals surface area contributed by atoms with Crippen molar-refractivity contribution in [3.8, 4) is 34.1 Å². The Hall–Kier alpha value is -5.80. The summed E-state index contributed by atoms with van der Waals surface area (Å²) in [4.78, 5) is 61.2. The van der Waals surface area contributed by atoms with Gasteiger partial charge in [0, 0.05) is 92.4 Å². The number of unbranched alkanes of at least 4 members (excludes halogenated alkanes) is 1. The SMILES string of the molecule is CCCCn1cc(-c2cc(OC)c(CN3CC[C@@H](OC4CCN(C(=O)c5ccc(OC)c(-n6ccc(=O)[nH]c6=O)c5)CC4)[C@H](F)C3)cc2OC)c2ccncc2c1=O. The number of likely N-dealkylation sites (tertiary alicyclic amines) is 2. The van der Waals surface area contributed by atoms with Gasteiger partial charge in [0.25, 0.3) is 17.0 Å². The van der Waals surface area contributed by atoms with Gasteiger partial charge < -0.3 is 28.4 Å². The molecule has 14 nitrogen and oxygen atoms in total. The largest absolute Gasteiger partial charge is 0.496 e. The second-order valence-electron chi connectivity index (χ2n) is 14.8. The number of pyridine rings is 2. The number of ether oxygens (including phenoxy) is 4. The third kappa shape index (κ3) is 8.41. The Balaban J connectivity index is 0.983. The Morgan fingerprint density at radius 2 is 1.67 bits per heavy atom. The minimum Gasteiger partial charge on any atom is -0.496 e. The summed E-state index contributed by atoms with van der Waals surface area (Å²) in [6, 6.07) is 11.8. The zero-order chi connectivity index (χ0) is 40.9. The maximum absolute atomic E-state index is 15.8. The molecule has 2 aromatic carbocycles. The number of piperidine rings is 2. The number of aromatic nitrogens is 4. The predicted molar refractivity (Wildman–Crippen MR) is 217 cm³/mol. The second kappa shape index (κ2) is 17.8. The van der Waals surface area contributed by atoms with E-state index >= 15 is 4.39 Å². The summed E-state index contributed by atoms with van der Waals surface area (Å²) in [7, 11) is 4.69. The van der Waals surface area contributed by atoms with E-state index in [4.69, 9.17) is 18.9 Å². The molecule has 2 aliphatic heterocycles. The molecule has 0 unspecified atom stereocenters. The van der Waals surface area contributed by atoms with Crippen molar-refractivity contribution in [2.75, 3.05) is 47.5 Å². The standard InChI is InChI=1S/C43H49FN6O8/c1-5-6-15-49-25-33(30-9-14-45-23-32(30)42(49)53)31-22-38(56-3)28(21-39(31)57-4)24-47-16-12-36(34(44)26-47)58-29-10-17-48(18-11-29)41(52)27-7-8-37(55-2)35(20-27)50-19-13-40(51)46-43(50)54/h7-9,13-14,19-23,25,29,34,36H,5-6,10-12,15-18,24,26H2,1-4H3,(H,46,51,54)/t34-,36-/m1/s1. The van der Waals surface area contributed by atoms with Gasteiger partial charge in [0.1, 0.15) is 23.4 Å². The van der Waals surface area contributed by atoms with E-state index in [9.17, 15) is 19.2 Å². The second-order valence-corrected chi connectivity index (χ2v) is 14.8. The number of methoxy groups -OCH3 is 3. The van der Waals surface area contributed by atoms with Crippen molar-refractivity contribution in [2.24, 2.45) is 0 Å². The zero-order valence-corrected chi connectivity index (χ0v) is 33.2. The number of aryl methyl sites for hydroxylation is 1. The van der Waals surface area contributed by atoms with Crippen molar-refractivity contribution in [2.45, 2.75) is 70.5 Å². The number of benzene rings is 2. The highest BCUT2D eigenvalue weighted by Crippen LogP contribution is 2.39. The predicted octanol–water partition coefficient (Wildman–Crippen LogP) is 4.96. The van der Waals surface area contributed by atoms with Crippen LogP contribution in [0.1, 0.15) is 54.9 Å². The summed E-state index contributed by atoms with van der Waals surface area (Å²) in [5.74, 6) is 1.41. The van der Waals surface area contributed by atoms with Gasteiger partial charge in [-0.3, -0.25) is 33.8 Å². The van der Waals surface area contributed by atoms with Gasteiger partial charge in [0.15, 0.2) is 0 Å². The molecule has 0 radical (unpaired) electrons. The number of rotatable bonds is 13. The van der Waals surface area contributed by atoms with Crippen LogP contribution in [-0.2, 0) is 17.8 Å². The number of hydrogen-bond donors (Lipinski definition) is 1. The number of carbonyl (C=O) groups is 1. The Morgan fingerprint density at radius 1 is 0.897 bits per heavy atom. The maximum atomic E-state index is 15.8. The quantitative estimate of drug-likeness (QED) is 0.173. The third-order valence-electron chi connectivity index (χ3n) is 11.1. The Bertz CT molecular complexity index is 2460. The first-order valence-electron chi connectivity index (χ1n) is 19.7. The first-order chi connectivity index (χ1) is 28.1. The number of alkyl halides is 1. The lowest BCUT2D eigenvalue weighted by atomic mass is 9.97. The van der Waals surface area contributed by atoms with Gasteiger partial charge in [-0.1, -0.05) is 13.3 Å². The molecule has 15 heteroatoms. The fourth-order valence-corrected chi connectivity index (χ4v) is 7.97. The number of H-pyrrole nitrogens is 1. The van der Waals surface area contributed by atoms with Crippen LogP contribution in [0.5, 0.6) is 17.2 Å². The number of nitrogens with zero attached hydrogens (tertiary/aromatic N) is 5. The number of fused-ring (bicyclic) bond motifs is 1. The van der Waals surface area contributed by atoms with Crippen LogP contribution in [0.2, 0.25) is 0 Å². The molecular weight excluding hydrogens is 748 g/mol. The molecular formula is C43H49FN6O8. The van der Waals surface area contributed by atoms with E-state index in [-0.39, 0.29) is 24.1 Å². The van der Waals surface area contributed by atoms with Crippen molar-refractivity contribution >= 4 is 16.7 Å². The molecule has 1 amide bonds. The fourth-order valence-electron chi connectivity index (χ4n) is 7.97. The van der Waals surface area contributed by atoms with Gasteiger partial charge in [-0.15, -0.1) is 0 Å². The third-order valence-corrected chi connectivity index (χ3v) is 11.1. The number of nitrogens with one attached hydrogen (secondary N) is 1. The highest BCUT2D eigenvalue weighted by Gasteiger charge is 2.34. The van der Waals surface area contributed by atoms with Crippen LogP contribution in [0, 0.1) is 0 Å². The lowest BCUT2D eigenvalue weighted by Gasteiger charge is -2.39. The van der Waals surface area contributed by atoms with Crippen LogP contribution in [0.15, 0.2) is 81.6 Å². The summed E-state index contributed by atoms with van der Waals surface area (Å²) in [6.07, 6.45) is 7.99. The molecule has 2 aliphatic rings. The Labute approximate surface area is 334 Å². The molecule has 2 fully saturated rings. The molecule has 0 aliphatic carbocycles. The monoisotopic (exact) mass is 796 g/mol. The first kappa shape index (κ1) is 40.4. The van der Waals surface area contributed by atoms with Crippen LogP contribution < -0.4 is 31.0 Å². The van der Waals surface area contributed by atoms with Gasteiger partial charge in [-0.2, -0.15) is 0 Å². The summed E-state index contributed by atoms with van der Waals surface area (Å²) in [6.45, 7) is 4.79. The summed E-state index contributed by atoms with van der Waals surface area (Å²) in [5, 5.41) is 1.31. The van der Waals surface area contributed by atoms with Crippen LogP contribution in [-0.4, -0.2) is 101 Å². The van der Waals surface area contributed by atoms with Gasteiger partial charge in [-0.25, -0.2) is 9.18 Å². The van der Waals surface area contributed by atoms with E-state index < -0.39 is 23.5 Å². The summed E-state index contributed by atoms with van der Waals surface area (Å²) in [5.41, 5.74) is 1.91. The van der Waals surface area contributed by atoms with E-state index in [1.165, 1.54) is 23.9 Å². The van der Waals surface area contributed by atoms with Crippen molar-refractivity contribution in [1.82, 2.24) is 28.9 Å². The van der Waals surface area contributed by atoms with E-state index in [0.717, 1.165) is 34.9 Å². The van der Waals surface area contributed by atoms with Gasteiger partial charge in [-0.05, 0) is 67.5 Å². The average Bonchev–Trinajstić information content (AvgIpc) is 3.24. The Kier molecular flexibility index (Phi) is 12.4. The smallest absolute Gasteiger partial charge is 0.333 e. The van der Waals surface area contributed by atoms with Crippen LogP contribution in [0.4, 0.5) is 4.39 Å². The molecule has 2 saturated heterocycles. The molecule has 0 saturated carbocycles. The zero-order valence-electron chi connectivity index (χ0n) is 33.2. The van der Waals surface area contributed by atoms with E-state index in [0.29, 0.717) is 85.9 Å². The fraction of sp³-hybridized carbons (Fsp3) is 0.419. The lowest BCUT2D eigenvalue weighted by Crippen LogP contribution is -2.48. The molecule has 0 bridgehead atoms. The number of halogens is 1. The molecule has 58 heavy (non-hydrogen) atoms. The van der Waals surface area contributed by atoms with Gasteiger partial charge in [0.05, 0.1) is 44.6 Å². The van der Waals surface area contributed by atoms with Crippen molar-refractivity contribution in [1.29, 1.82) is 0 Å². The van der Waals surface area contributed by atoms with Gasteiger partial charge >= 0.3 is 5.69 Å². The molecule has 5 aromatic rings. The molecule has 306 valence electrons. The minimum absolute atomic E-state index is 0.0818.